The molecular weight excluding hydrogens is 737 g/mol. The Bertz CT molecular complexity index is 746. The van der Waals surface area contributed by atoms with Crippen LogP contribution in [-0.2, 0) is 33.2 Å². The molecule has 0 radical (unpaired) electrons. The van der Waals surface area contributed by atoms with E-state index < -0.39 is 12.6 Å². The molecule has 352 valence electrons. The number of hydrogen-bond donors (Lipinski definition) is 0. The average molecular weight is 839 g/mol. The van der Waals surface area contributed by atoms with Gasteiger partial charge in [-0.05, 0) is 89.2 Å². The van der Waals surface area contributed by atoms with Gasteiger partial charge in [-0.1, -0.05) is 181 Å². The molecule has 0 aliphatic rings. The lowest BCUT2D eigenvalue weighted by atomic mass is 10.1. The van der Waals surface area contributed by atoms with Gasteiger partial charge < -0.3 is 33.2 Å². The summed E-state index contributed by atoms with van der Waals surface area (Å²) in [5.74, 6) is 0. The van der Waals surface area contributed by atoms with Crippen LogP contribution in [0.15, 0.2) is 24.3 Å². The second kappa shape index (κ2) is 49.9. The first kappa shape index (κ1) is 58.2. The van der Waals surface area contributed by atoms with Gasteiger partial charge in [0.05, 0.1) is 0 Å². The molecule has 0 N–H and O–H groups in total. The monoisotopic (exact) mass is 839 g/mol. The van der Waals surface area contributed by atoms with E-state index in [9.17, 15) is 0 Å². The minimum atomic E-state index is -0.394. The van der Waals surface area contributed by atoms with Crippen molar-refractivity contribution in [1.29, 1.82) is 0 Å². The first-order valence-electron chi connectivity index (χ1n) is 25.7. The van der Waals surface area contributed by atoms with E-state index in [2.05, 4.69) is 39.8 Å². The number of ether oxygens (including phenoxy) is 7. The molecule has 0 aliphatic heterocycles. The second-order valence-corrected chi connectivity index (χ2v) is 16.9. The normalized spacial score (nSPS) is 13.3. The van der Waals surface area contributed by atoms with Crippen molar-refractivity contribution in [2.24, 2.45) is 0 Å². The maximum atomic E-state index is 6.07. The molecule has 0 heterocycles. The highest BCUT2D eigenvalue weighted by Crippen LogP contribution is 2.17. The molecule has 7 heteroatoms. The van der Waals surface area contributed by atoms with Crippen LogP contribution < -0.4 is 0 Å². The van der Waals surface area contributed by atoms with Crippen molar-refractivity contribution < 1.29 is 33.2 Å². The van der Waals surface area contributed by atoms with Crippen LogP contribution in [0.5, 0.6) is 0 Å². The lowest BCUT2D eigenvalue weighted by molar-refractivity contribution is -0.188. The van der Waals surface area contributed by atoms with Crippen molar-refractivity contribution in [1.82, 2.24) is 0 Å². The van der Waals surface area contributed by atoms with Crippen molar-refractivity contribution in [2.45, 2.75) is 271 Å². The predicted octanol–water partition coefficient (Wildman–Crippen LogP) is 16.1. The molecule has 0 aromatic carbocycles. The smallest absolute Gasteiger partial charge is 0.179 e. The van der Waals surface area contributed by atoms with E-state index in [-0.39, 0.29) is 12.6 Å². The highest BCUT2D eigenvalue weighted by Gasteiger charge is 2.12. The Kier molecular flexibility index (Phi) is 49.2. The van der Waals surface area contributed by atoms with E-state index in [1.807, 2.05) is 12.2 Å². The summed E-state index contributed by atoms with van der Waals surface area (Å²) in [5, 5.41) is 0. The Balaban J connectivity index is 3.90. The zero-order valence-corrected chi connectivity index (χ0v) is 40.3. The Morgan fingerprint density at radius 2 is 0.593 bits per heavy atom. The van der Waals surface area contributed by atoms with Crippen LogP contribution in [0.1, 0.15) is 246 Å². The summed E-state index contributed by atoms with van der Waals surface area (Å²) in [6, 6.07) is 0. The van der Waals surface area contributed by atoms with E-state index in [1.165, 1.54) is 167 Å². The largest absolute Gasteiger partial charge is 0.353 e. The maximum Gasteiger partial charge on any atom is 0.179 e. The van der Waals surface area contributed by atoms with E-state index in [4.69, 9.17) is 33.2 Å². The molecule has 59 heavy (non-hydrogen) atoms. The van der Waals surface area contributed by atoms with Gasteiger partial charge in [-0.15, -0.1) is 0 Å². The van der Waals surface area contributed by atoms with E-state index in [1.54, 1.807) is 14.2 Å². The molecule has 0 amide bonds. The van der Waals surface area contributed by atoms with Gasteiger partial charge in [-0.25, -0.2) is 0 Å². The molecule has 2 atom stereocenters. The van der Waals surface area contributed by atoms with Crippen LogP contribution in [0.2, 0.25) is 0 Å². The zero-order valence-electron chi connectivity index (χ0n) is 40.3. The van der Waals surface area contributed by atoms with Crippen LogP contribution in [0.3, 0.4) is 0 Å². The third kappa shape index (κ3) is 43.6. The van der Waals surface area contributed by atoms with Gasteiger partial charge in [0.1, 0.15) is 0 Å². The van der Waals surface area contributed by atoms with Gasteiger partial charge in [0.15, 0.2) is 25.2 Å². The van der Waals surface area contributed by atoms with Crippen LogP contribution in [0.25, 0.3) is 0 Å². The fraction of sp³-hybridized carbons (Fsp3) is 0.923. The standard InChI is InChI=1S/C52H102O7/c1-7-11-37-45-55-51(56-46-38-12-8-2)43-35-31-27-23-19-15-17-21-25-29-33-41-49(53-5)59-50(54-6)42-34-30-26-22-18-16-20-24-28-32-36-44-52(57-47-39-13-9-3)58-48-40-14-10-4/h33-34,41-42,49-52H,7-32,35-40,43-48H2,1-6H3. The lowest BCUT2D eigenvalue weighted by Gasteiger charge is -2.18. The van der Waals surface area contributed by atoms with Crippen LogP contribution >= 0.6 is 0 Å². The van der Waals surface area contributed by atoms with Crippen LogP contribution in [-0.4, -0.2) is 65.8 Å². The van der Waals surface area contributed by atoms with Gasteiger partial charge in [0.25, 0.3) is 0 Å². The Labute approximate surface area is 368 Å². The first-order valence-corrected chi connectivity index (χ1v) is 25.7. The summed E-state index contributed by atoms with van der Waals surface area (Å²) >= 11 is 0. The molecule has 0 aromatic rings. The van der Waals surface area contributed by atoms with Crippen LogP contribution in [0, 0.1) is 0 Å². The molecule has 0 aromatic heterocycles. The maximum absolute atomic E-state index is 6.07. The Hall–Kier alpha value is -0.800. The molecule has 2 unspecified atom stereocenters. The molecule has 0 aliphatic carbocycles. The summed E-state index contributed by atoms with van der Waals surface area (Å²) in [5.41, 5.74) is 0. The summed E-state index contributed by atoms with van der Waals surface area (Å²) in [6.45, 7) is 12.3. The highest BCUT2D eigenvalue weighted by atomic mass is 16.8. The average Bonchev–Trinajstić information content (AvgIpc) is 3.25. The molecule has 7 nitrogen and oxygen atoms in total. The molecule has 0 bridgehead atoms. The van der Waals surface area contributed by atoms with Crippen molar-refractivity contribution in [3.8, 4) is 0 Å². The van der Waals surface area contributed by atoms with Crippen molar-refractivity contribution >= 4 is 0 Å². The summed E-state index contributed by atoms with van der Waals surface area (Å²) < 4.78 is 41.5. The van der Waals surface area contributed by atoms with Crippen molar-refractivity contribution in [2.75, 3.05) is 40.6 Å². The fourth-order valence-corrected chi connectivity index (χ4v) is 7.22. The zero-order chi connectivity index (χ0) is 43.0. The van der Waals surface area contributed by atoms with Crippen molar-refractivity contribution in [3.63, 3.8) is 0 Å². The minimum Gasteiger partial charge on any atom is -0.353 e. The number of rotatable bonds is 50. The van der Waals surface area contributed by atoms with E-state index in [0.717, 1.165) is 77.8 Å². The predicted molar refractivity (Wildman–Crippen MR) is 252 cm³/mol. The fourth-order valence-electron chi connectivity index (χ4n) is 7.22. The molecule has 0 saturated carbocycles. The highest BCUT2D eigenvalue weighted by molar-refractivity contribution is 4.89. The second-order valence-electron chi connectivity index (χ2n) is 16.9. The van der Waals surface area contributed by atoms with Gasteiger partial charge >= 0.3 is 0 Å². The number of allylic oxidation sites excluding steroid dienone is 2. The summed E-state index contributed by atoms with van der Waals surface area (Å²) in [4.78, 5) is 0. The van der Waals surface area contributed by atoms with Crippen molar-refractivity contribution in [3.05, 3.63) is 24.3 Å². The lowest BCUT2D eigenvalue weighted by Crippen LogP contribution is -2.22. The van der Waals surface area contributed by atoms with Crippen LogP contribution in [0.4, 0.5) is 0 Å². The molecular formula is C52H102O7. The Morgan fingerprint density at radius 3 is 0.864 bits per heavy atom. The van der Waals surface area contributed by atoms with E-state index in [0.29, 0.717) is 0 Å². The third-order valence-corrected chi connectivity index (χ3v) is 11.1. The number of unbranched alkanes of at least 4 members (excludes halogenated alkanes) is 26. The van der Waals surface area contributed by atoms with Gasteiger partial charge in [0, 0.05) is 40.6 Å². The SMILES string of the molecule is CCCCCOC(CCCCCCCCCCCC=CC(OC)OC(C=CCCCCCCCCCCCC(OCCCCC)OCCCCC)OC)OCCCCC. The van der Waals surface area contributed by atoms with E-state index >= 15 is 0 Å². The van der Waals surface area contributed by atoms with Gasteiger partial charge in [-0.3, -0.25) is 0 Å². The topological polar surface area (TPSA) is 64.6 Å². The summed E-state index contributed by atoms with van der Waals surface area (Å²) in [6.07, 6.45) is 49.7. The van der Waals surface area contributed by atoms with Gasteiger partial charge in [-0.2, -0.15) is 0 Å². The molecule has 0 saturated heterocycles. The first-order chi connectivity index (χ1) is 29.1. The van der Waals surface area contributed by atoms with Gasteiger partial charge in [0.2, 0.25) is 0 Å². The minimum absolute atomic E-state index is 0.000266. The summed E-state index contributed by atoms with van der Waals surface area (Å²) in [7, 11) is 3.39. The number of methoxy groups -OCH3 is 2. The molecule has 0 rings (SSSR count). The number of hydrogen-bond acceptors (Lipinski definition) is 7. The third-order valence-electron chi connectivity index (χ3n) is 11.1. The Morgan fingerprint density at radius 1 is 0.322 bits per heavy atom. The molecule has 0 spiro atoms. The molecule has 0 fully saturated rings. The quantitative estimate of drug-likeness (QED) is 0.0343.